The fourth-order valence-corrected chi connectivity index (χ4v) is 1.60. The molecule has 14 heavy (non-hydrogen) atoms. The van der Waals surface area contributed by atoms with Crippen LogP contribution in [0.3, 0.4) is 0 Å². The Balaban J connectivity index is 3.46. The van der Waals surface area contributed by atoms with Gasteiger partial charge >= 0.3 is 0 Å². The Morgan fingerprint density at radius 2 is 2.29 bits per heavy atom. The summed E-state index contributed by atoms with van der Waals surface area (Å²) in [5, 5.41) is 8.71. The molecule has 74 valence electrons. The van der Waals surface area contributed by atoms with Gasteiger partial charge in [0, 0.05) is 16.3 Å². The highest BCUT2D eigenvalue weighted by Crippen LogP contribution is 2.27. The molecule has 0 radical (unpaired) electrons. The first-order valence-electron chi connectivity index (χ1n) is 3.67. The van der Waals surface area contributed by atoms with Crippen molar-refractivity contribution >= 4 is 22.6 Å². The summed E-state index contributed by atoms with van der Waals surface area (Å²) in [6, 6.07) is 1.74. The summed E-state index contributed by atoms with van der Waals surface area (Å²) >= 11 is 1.79. The van der Waals surface area contributed by atoms with Crippen LogP contribution in [0.5, 0.6) is 0 Å². The molecule has 2 N–H and O–H groups in total. The Kier molecular flexibility index (Phi) is 3.71. The molecular formula is C8H6F2IN3. The third kappa shape index (κ3) is 1.99. The van der Waals surface area contributed by atoms with Crippen LogP contribution in [0, 0.1) is 14.9 Å². The van der Waals surface area contributed by atoms with Crippen molar-refractivity contribution in [1.29, 1.82) is 5.26 Å². The summed E-state index contributed by atoms with van der Waals surface area (Å²) in [7, 11) is 0. The van der Waals surface area contributed by atoms with Crippen molar-refractivity contribution in [3.63, 3.8) is 0 Å². The Morgan fingerprint density at radius 3 is 2.71 bits per heavy atom. The molecule has 0 aliphatic heterocycles. The monoisotopic (exact) mass is 309 g/mol. The Labute approximate surface area is 93.1 Å². The molecule has 0 unspecified atom stereocenters. The van der Waals surface area contributed by atoms with Crippen LogP contribution >= 0.6 is 22.6 Å². The normalized spacial score (nSPS) is 10.3. The number of alkyl halides is 2. The third-order valence-corrected chi connectivity index (χ3v) is 2.49. The predicted octanol–water partition coefficient (Wildman–Crippen LogP) is 1.95. The maximum atomic E-state index is 12.6. The van der Waals surface area contributed by atoms with Crippen LogP contribution in [0.1, 0.15) is 23.2 Å². The zero-order valence-corrected chi connectivity index (χ0v) is 9.12. The molecular weight excluding hydrogens is 303 g/mol. The fourth-order valence-electron chi connectivity index (χ4n) is 1.05. The van der Waals surface area contributed by atoms with Gasteiger partial charge in [0.05, 0.1) is 16.8 Å². The van der Waals surface area contributed by atoms with E-state index in [-0.39, 0.29) is 23.4 Å². The first-order chi connectivity index (χ1) is 6.61. The minimum Gasteiger partial charge on any atom is -0.325 e. The van der Waals surface area contributed by atoms with E-state index in [0.717, 1.165) is 0 Å². The van der Waals surface area contributed by atoms with Crippen molar-refractivity contribution < 1.29 is 8.78 Å². The summed E-state index contributed by atoms with van der Waals surface area (Å²) in [4.78, 5) is 3.76. The highest BCUT2D eigenvalue weighted by molar-refractivity contribution is 14.1. The van der Waals surface area contributed by atoms with Crippen LogP contribution < -0.4 is 5.73 Å². The molecule has 0 aliphatic carbocycles. The zero-order valence-electron chi connectivity index (χ0n) is 6.97. The summed E-state index contributed by atoms with van der Waals surface area (Å²) in [5.74, 6) is 0. The van der Waals surface area contributed by atoms with Crippen molar-refractivity contribution in [2.24, 2.45) is 5.73 Å². The van der Waals surface area contributed by atoms with Crippen LogP contribution in [0.25, 0.3) is 0 Å². The van der Waals surface area contributed by atoms with E-state index in [4.69, 9.17) is 11.0 Å². The Morgan fingerprint density at radius 1 is 1.64 bits per heavy atom. The van der Waals surface area contributed by atoms with E-state index in [9.17, 15) is 8.78 Å². The first-order valence-corrected chi connectivity index (χ1v) is 4.75. The van der Waals surface area contributed by atoms with Gasteiger partial charge in [-0.3, -0.25) is 4.98 Å². The van der Waals surface area contributed by atoms with E-state index >= 15 is 0 Å². The second kappa shape index (κ2) is 4.61. The first kappa shape index (κ1) is 11.3. The maximum Gasteiger partial charge on any atom is 0.266 e. The van der Waals surface area contributed by atoms with Gasteiger partial charge in [-0.2, -0.15) is 5.26 Å². The van der Waals surface area contributed by atoms with E-state index in [1.165, 1.54) is 6.20 Å². The molecule has 0 atom stereocenters. The highest BCUT2D eigenvalue weighted by atomic mass is 127. The van der Waals surface area contributed by atoms with Gasteiger partial charge in [-0.1, -0.05) is 0 Å². The molecule has 0 fully saturated rings. The zero-order chi connectivity index (χ0) is 10.7. The molecule has 1 aromatic rings. The summed E-state index contributed by atoms with van der Waals surface area (Å²) in [5.41, 5.74) is 4.96. The SMILES string of the molecule is N#Cc1c(I)cnc(CN)c1C(F)F. The molecule has 0 saturated heterocycles. The van der Waals surface area contributed by atoms with Gasteiger partial charge in [0.15, 0.2) is 0 Å². The quantitative estimate of drug-likeness (QED) is 0.849. The lowest BCUT2D eigenvalue weighted by Gasteiger charge is -2.08. The summed E-state index contributed by atoms with van der Waals surface area (Å²) < 4.78 is 25.6. The van der Waals surface area contributed by atoms with Crippen molar-refractivity contribution in [1.82, 2.24) is 4.98 Å². The van der Waals surface area contributed by atoms with E-state index in [1.807, 2.05) is 0 Å². The van der Waals surface area contributed by atoms with Gasteiger partial charge in [-0.25, -0.2) is 8.78 Å². The van der Waals surface area contributed by atoms with Crippen molar-refractivity contribution in [3.8, 4) is 6.07 Å². The van der Waals surface area contributed by atoms with Crippen molar-refractivity contribution in [2.75, 3.05) is 0 Å². The summed E-state index contributed by atoms with van der Waals surface area (Å²) in [6.45, 7) is -0.0920. The lowest BCUT2D eigenvalue weighted by molar-refractivity contribution is 0.149. The largest absolute Gasteiger partial charge is 0.325 e. The predicted molar refractivity (Wildman–Crippen MR) is 54.5 cm³/mol. The second-order valence-corrected chi connectivity index (χ2v) is 3.62. The van der Waals surface area contributed by atoms with E-state index in [2.05, 4.69) is 4.98 Å². The van der Waals surface area contributed by atoms with Crippen molar-refractivity contribution in [3.05, 3.63) is 26.6 Å². The van der Waals surface area contributed by atoms with Gasteiger partial charge in [-0.15, -0.1) is 0 Å². The van der Waals surface area contributed by atoms with Crippen molar-refractivity contribution in [2.45, 2.75) is 13.0 Å². The number of nitrogens with two attached hydrogens (primary N) is 1. The van der Waals surface area contributed by atoms with Gasteiger partial charge in [0.1, 0.15) is 6.07 Å². The Bertz CT molecular complexity index is 387. The van der Waals surface area contributed by atoms with E-state index in [0.29, 0.717) is 3.57 Å². The van der Waals surface area contributed by atoms with E-state index < -0.39 is 6.43 Å². The molecule has 0 bridgehead atoms. The number of halogens is 3. The fraction of sp³-hybridized carbons (Fsp3) is 0.250. The number of aromatic nitrogens is 1. The van der Waals surface area contributed by atoms with E-state index in [1.54, 1.807) is 28.7 Å². The maximum absolute atomic E-state index is 12.6. The second-order valence-electron chi connectivity index (χ2n) is 2.46. The molecule has 0 amide bonds. The summed E-state index contributed by atoms with van der Waals surface area (Å²) in [6.07, 6.45) is -1.35. The topological polar surface area (TPSA) is 62.7 Å². The molecule has 1 aromatic heterocycles. The Hall–Kier alpha value is -0.810. The van der Waals surface area contributed by atoms with Crippen LogP contribution in [-0.4, -0.2) is 4.98 Å². The molecule has 0 spiro atoms. The number of nitrogens with zero attached hydrogens (tertiary/aromatic N) is 2. The number of nitriles is 1. The van der Waals surface area contributed by atoms with Crippen LogP contribution in [0.15, 0.2) is 6.20 Å². The smallest absolute Gasteiger partial charge is 0.266 e. The molecule has 1 heterocycles. The molecule has 0 aliphatic rings. The van der Waals surface area contributed by atoms with Gasteiger partial charge < -0.3 is 5.73 Å². The van der Waals surface area contributed by atoms with Gasteiger partial charge in [-0.05, 0) is 22.6 Å². The average Bonchev–Trinajstić information content (AvgIpc) is 2.17. The molecule has 1 rings (SSSR count). The minimum absolute atomic E-state index is 0.0314. The molecule has 3 nitrogen and oxygen atoms in total. The molecule has 0 saturated carbocycles. The number of pyridine rings is 1. The number of rotatable bonds is 2. The van der Waals surface area contributed by atoms with Crippen LogP contribution in [0.2, 0.25) is 0 Å². The molecule has 6 heteroatoms. The number of hydrogen-bond acceptors (Lipinski definition) is 3. The van der Waals surface area contributed by atoms with Gasteiger partial charge in [0.2, 0.25) is 0 Å². The number of hydrogen-bond donors (Lipinski definition) is 1. The lowest BCUT2D eigenvalue weighted by atomic mass is 10.1. The molecule has 0 aromatic carbocycles. The average molecular weight is 309 g/mol. The lowest BCUT2D eigenvalue weighted by Crippen LogP contribution is -2.08. The third-order valence-electron chi connectivity index (χ3n) is 1.68. The van der Waals surface area contributed by atoms with Crippen LogP contribution in [-0.2, 0) is 6.54 Å². The minimum atomic E-state index is -2.72. The van der Waals surface area contributed by atoms with Crippen LogP contribution in [0.4, 0.5) is 8.78 Å². The standard InChI is InChI=1S/C8H6F2IN3/c9-8(10)7-4(1-12)5(11)3-14-6(7)2-13/h3,8H,2,13H2. The van der Waals surface area contributed by atoms with Gasteiger partial charge in [0.25, 0.3) is 6.43 Å². The highest BCUT2D eigenvalue weighted by Gasteiger charge is 2.20.